The van der Waals surface area contributed by atoms with Gasteiger partial charge in [-0.25, -0.2) is 9.78 Å². The standard InChI is InChI=1S/C25H25N3O5S3/c1-3-33-24(31)20-14-7-6-10-18(14)36-22(20)27-19(29)13-35-25-26-15-11-12-34-21(15)23(30)28(25)16-8-4-5-9-17(16)32-2/h4-5,8-9H,3,6-7,10-13H2,1-2H3,(H,27,29). The van der Waals surface area contributed by atoms with E-state index in [1.165, 1.54) is 39.4 Å². The van der Waals surface area contributed by atoms with Crippen LogP contribution in [0.1, 0.15) is 39.8 Å². The van der Waals surface area contributed by atoms with Gasteiger partial charge >= 0.3 is 5.97 Å². The summed E-state index contributed by atoms with van der Waals surface area (Å²) in [6.45, 7) is 2.04. The van der Waals surface area contributed by atoms with Crippen LogP contribution in [0.2, 0.25) is 0 Å². The van der Waals surface area contributed by atoms with Crippen molar-refractivity contribution in [1.82, 2.24) is 9.55 Å². The molecule has 0 radical (unpaired) electrons. The van der Waals surface area contributed by atoms with E-state index in [2.05, 4.69) is 5.32 Å². The molecular weight excluding hydrogens is 518 g/mol. The molecule has 1 N–H and O–H groups in total. The highest BCUT2D eigenvalue weighted by atomic mass is 32.2. The first-order valence-corrected chi connectivity index (χ1v) is 14.5. The molecule has 1 aliphatic heterocycles. The first-order valence-electron chi connectivity index (χ1n) is 11.7. The van der Waals surface area contributed by atoms with Crippen molar-refractivity contribution in [3.8, 4) is 11.4 Å². The number of carbonyl (C=O) groups is 2. The predicted molar refractivity (Wildman–Crippen MR) is 142 cm³/mol. The molecule has 8 nitrogen and oxygen atoms in total. The van der Waals surface area contributed by atoms with E-state index in [1.54, 1.807) is 26.2 Å². The Balaban J connectivity index is 1.42. The first-order chi connectivity index (χ1) is 17.5. The van der Waals surface area contributed by atoms with Crippen molar-refractivity contribution in [2.45, 2.75) is 42.7 Å². The smallest absolute Gasteiger partial charge is 0.341 e. The van der Waals surface area contributed by atoms with Gasteiger partial charge in [0.1, 0.15) is 10.8 Å². The fourth-order valence-electron chi connectivity index (χ4n) is 4.42. The van der Waals surface area contributed by atoms with Gasteiger partial charge in [-0.2, -0.15) is 0 Å². The van der Waals surface area contributed by atoms with E-state index in [-0.39, 0.29) is 23.8 Å². The molecule has 3 aromatic rings. The molecule has 0 atom stereocenters. The molecule has 11 heteroatoms. The number of anilines is 1. The number of benzene rings is 1. The minimum Gasteiger partial charge on any atom is -0.495 e. The normalized spacial score (nSPS) is 13.8. The van der Waals surface area contributed by atoms with E-state index in [1.807, 2.05) is 12.1 Å². The maximum Gasteiger partial charge on any atom is 0.341 e. The molecule has 2 aromatic heterocycles. The average Bonchev–Trinajstić information content (AvgIpc) is 3.59. The second kappa shape index (κ2) is 10.7. The van der Waals surface area contributed by atoms with E-state index >= 15 is 0 Å². The molecule has 1 aliphatic carbocycles. The lowest BCUT2D eigenvalue weighted by Crippen LogP contribution is -2.25. The van der Waals surface area contributed by atoms with Crippen LogP contribution in [0.5, 0.6) is 5.75 Å². The summed E-state index contributed by atoms with van der Waals surface area (Å²) in [6, 6.07) is 7.26. The van der Waals surface area contributed by atoms with Gasteiger partial charge in [0, 0.05) is 17.1 Å². The number of ether oxygens (including phenoxy) is 2. The number of fused-ring (bicyclic) bond motifs is 2. The number of esters is 1. The maximum atomic E-state index is 13.4. The van der Waals surface area contributed by atoms with E-state index in [0.29, 0.717) is 38.5 Å². The number of carbonyl (C=O) groups excluding carboxylic acids is 2. The third-order valence-electron chi connectivity index (χ3n) is 5.98. The van der Waals surface area contributed by atoms with E-state index in [0.717, 1.165) is 41.1 Å². The van der Waals surface area contributed by atoms with Crippen LogP contribution in [0.4, 0.5) is 5.00 Å². The maximum absolute atomic E-state index is 13.4. The minimum atomic E-state index is -0.400. The van der Waals surface area contributed by atoms with Crippen LogP contribution in [0.25, 0.3) is 5.69 Å². The highest BCUT2D eigenvalue weighted by molar-refractivity contribution is 8.00. The van der Waals surface area contributed by atoms with Crippen molar-refractivity contribution < 1.29 is 19.1 Å². The first kappa shape index (κ1) is 24.9. The Morgan fingerprint density at radius 3 is 2.86 bits per heavy atom. The molecule has 0 bridgehead atoms. The molecule has 1 amide bonds. The van der Waals surface area contributed by atoms with Crippen molar-refractivity contribution in [2.75, 3.05) is 30.5 Å². The topological polar surface area (TPSA) is 99.5 Å². The van der Waals surface area contributed by atoms with Crippen LogP contribution in [0.3, 0.4) is 0 Å². The summed E-state index contributed by atoms with van der Waals surface area (Å²) in [5, 5.41) is 3.87. The molecule has 0 spiro atoms. The molecule has 1 aromatic carbocycles. The second-order valence-electron chi connectivity index (χ2n) is 8.20. The number of para-hydroxylation sites is 2. The second-order valence-corrected chi connectivity index (χ2v) is 11.4. The lowest BCUT2D eigenvalue weighted by atomic mass is 10.1. The molecule has 0 fully saturated rings. The summed E-state index contributed by atoms with van der Waals surface area (Å²) in [7, 11) is 1.55. The van der Waals surface area contributed by atoms with Crippen LogP contribution < -0.4 is 15.6 Å². The molecule has 36 heavy (non-hydrogen) atoms. The van der Waals surface area contributed by atoms with Gasteiger partial charge in [-0.05, 0) is 43.9 Å². The van der Waals surface area contributed by atoms with Gasteiger partial charge in [-0.3, -0.25) is 14.2 Å². The molecule has 0 unspecified atom stereocenters. The Bertz CT molecular complexity index is 1400. The van der Waals surface area contributed by atoms with Crippen molar-refractivity contribution in [3.05, 3.63) is 56.3 Å². The largest absolute Gasteiger partial charge is 0.495 e. The van der Waals surface area contributed by atoms with Gasteiger partial charge < -0.3 is 14.8 Å². The third-order valence-corrected chi connectivity index (χ3v) is 9.23. The van der Waals surface area contributed by atoms with Crippen molar-refractivity contribution in [2.24, 2.45) is 0 Å². The van der Waals surface area contributed by atoms with Crippen LogP contribution in [0, 0.1) is 0 Å². The number of nitrogens with zero attached hydrogens (tertiary/aromatic N) is 2. The summed E-state index contributed by atoms with van der Waals surface area (Å²) in [5.74, 6) is 0.697. The minimum absolute atomic E-state index is 0.0261. The Hall–Kier alpha value is -2.76. The fourth-order valence-corrected chi connectivity index (χ4v) is 7.56. The Morgan fingerprint density at radius 2 is 2.06 bits per heavy atom. The predicted octanol–water partition coefficient (Wildman–Crippen LogP) is 4.35. The number of hydrogen-bond donors (Lipinski definition) is 1. The number of aryl methyl sites for hydroxylation is 2. The average molecular weight is 544 g/mol. The SMILES string of the molecule is CCOC(=O)c1c(NC(=O)CSc2nc3c(c(=O)n2-c2ccccc2OC)SCC3)sc2c1CCC2. The molecule has 2 aliphatic rings. The number of nitrogens with one attached hydrogen (secondary N) is 1. The quantitative estimate of drug-likeness (QED) is 0.254. The zero-order valence-electron chi connectivity index (χ0n) is 19.9. The molecule has 0 saturated heterocycles. The van der Waals surface area contributed by atoms with E-state index < -0.39 is 5.97 Å². The van der Waals surface area contributed by atoms with Crippen LogP contribution >= 0.6 is 34.9 Å². The number of rotatable bonds is 8. The summed E-state index contributed by atoms with van der Waals surface area (Å²) in [4.78, 5) is 45.6. The zero-order chi connectivity index (χ0) is 25.2. The van der Waals surface area contributed by atoms with E-state index in [9.17, 15) is 14.4 Å². The summed E-state index contributed by atoms with van der Waals surface area (Å²) < 4.78 is 12.3. The Labute approximate surface area is 220 Å². The van der Waals surface area contributed by atoms with Crippen molar-refractivity contribution in [3.63, 3.8) is 0 Å². The van der Waals surface area contributed by atoms with Gasteiger partial charge in [0.2, 0.25) is 5.91 Å². The highest BCUT2D eigenvalue weighted by Gasteiger charge is 2.29. The number of methoxy groups -OCH3 is 1. The number of amides is 1. The van der Waals surface area contributed by atoms with Gasteiger partial charge in [-0.1, -0.05) is 23.9 Å². The monoisotopic (exact) mass is 543 g/mol. The zero-order valence-corrected chi connectivity index (χ0v) is 22.4. The number of hydrogen-bond acceptors (Lipinski definition) is 9. The summed E-state index contributed by atoms with van der Waals surface area (Å²) in [5.41, 5.74) is 2.65. The third kappa shape index (κ3) is 4.67. The van der Waals surface area contributed by atoms with Gasteiger partial charge in [0.05, 0.1) is 41.3 Å². The molecule has 0 saturated carbocycles. The summed E-state index contributed by atoms with van der Waals surface area (Å²) in [6.07, 6.45) is 3.43. The lowest BCUT2D eigenvalue weighted by Gasteiger charge is -2.16. The fraction of sp³-hybridized carbons (Fsp3) is 0.360. The van der Waals surface area contributed by atoms with Crippen LogP contribution in [0.15, 0.2) is 39.1 Å². The molecular formula is C25H25N3O5S3. The Morgan fingerprint density at radius 1 is 1.22 bits per heavy atom. The lowest BCUT2D eigenvalue weighted by molar-refractivity contribution is -0.113. The molecule has 5 rings (SSSR count). The number of aromatic nitrogens is 2. The van der Waals surface area contributed by atoms with Crippen LogP contribution in [-0.2, 0) is 28.8 Å². The van der Waals surface area contributed by atoms with Gasteiger partial charge in [0.25, 0.3) is 5.56 Å². The van der Waals surface area contributed by atoms with Gasteiger partial charge in [0.15, 0.2) is 5.16 Å². The summed E-state index contributed by atoms with van der Waals surface area (Å²) >= 11 is 4.14. The number of thioether (sulfide) groups is 2. The van der Waals surface area contributed by atoms with Crippen molar-refractivity contribution in [1.29, 1.82) is 0 Å². The van der Waals surface area contributed by atoms with Crippen LogP contribution in [-0.4, -0.2) is 46.6 Å². The number of thiophene rings is 1. The highest BCUT2D eigenvalue weighted by Crippen LogP contribution is 2.40. The van der Waals surface area contributed by atoms with E-state index in [4.69, 9.17) is 14.5 Å². The Kier molecular flexibility index (Phi) is 7.40. The van der Waals surface area contributed by atoms with Crippen molar-refractivity contribution >= 4 is 51.7 Å². The molecule has 188 valence electrons. The van der Waals surface area contributed by atoms with Gasteiger partial charge in [-0.15, -0.1) is 23.1 Å². The molecule has 3 heterocycles.